The number of nitrogens with two attached hydrogens (primary N) is 1. The van der Waals surface area contributed by atoms with E-state index in [1.807, 2.05) is 0 Å². The Balaban J connectivity index is 1.67. The highest BCUT2D eigenvalue weighted by atomic mass is 15.3. The second-order valence-electron chi connectivity index (χ2n) is 7.17. The molecule has 0 aromatic rings. The van der Waals surface area contributed by atoms with Gasteiger partial charge in [-0.25, -0.2) is 0 Å². The minimum atomic E-state index is 0.238. The van der Waals surface area contributed by atoms with Gasteiger partial charge in [0.05, 0.1) is 0 Å². The van der Waals surface area contributed by atoms with E-state index in [1.54, 1.807) is 0 Å². The molecule has 0 aromatic heterocycles. The molecule has 3 fully saturated rings. The van der Waals surface area contributed by atoms with Crippen LogP contribution in [0, 0.1) is 5.41 Å². The number of nitrogens with zero attached hydrogens (tertiary/aromatic N) is 2. The van der Waals surface area contributed by atoms with Gasteiger partial charge in [0.2, 0.25) is 0 Å². The third-order valence-corrected chi connectivity index (χ3v) is 6.22. The molecule has 18 heavy (non-hydrogen) atoms. The number of hydrogen-bond donors (Lipinski definition) is 1. The highest BCUT2D eigenvalue weighted by Crippen LogP contribution is 2.56. The zero-order chi connectivity index (χ0) is 12.8. The molecule has 0 bridgehead atoms. The molecule has 0 spiro atoms. The predicted octanol–water partition coefficient (Wildman–Crippen LogP) is 1.67. The fraction of sp³-hybridized carbons (Fsp3) is 1.00. The molecule has 2 atom stereocenters. The van der Waals surface area contributed by atoms with Crippen LogP contribution in [0.2, 0.25) is 0 Å². The summed E-state index contributed by atoms with van der Waals surface area (Å²) in [7, 11) is 0. The van der Waals surface area contributed by atoms with Gasteiger partial charge in [-0.15, -0.1) is 0 Å². The number of rotatable bonds is 4. The number of likely N-dealkylation sites (tertiary alicyclic amines) is 2. The lowest BCUT2D eigenvalue weighted by Crippen LogP contribution is -2.56. The van der Waals surface area contributed by atoms with Crippen LogP contribution >= 0.6 is 0 Å². The van der Waals surface area contributed by atoms with E-state index in [0.717, 1.165) is 12.6 Å². The first-order valence-corrected chi connectivity index (χ1v) is 7.78. The Morgan fingerprint density at radius 2 is 1.89 bits per heavy atom. The van der Waals surface area contributed by atoms with Crippen LogP contribution < -0.4 is 5.73 Å². The molecule has 3 aliphatic rings. The third kappa shape index (κ3) is 1.91. The maximum atomic E-state index is 6.16. The molecule has 2 saturated heterocycles. The van der Waals surface area contributed by atoms with Crippen LogP contribution in [0.25, 0.3) is 0 Å². The first-order valence-electron chi connectivity index (χ1n) is 7.78. The van der Waals surface area contributed by atoms with Crippen LogP contribution in [-0.4, -0.2) is 54.1 Å². The zero-order valence-corrected chi connectivity index (χ0v) is 12.1. The Morgan fingerprint density at radius 1 is 1.22 bits per heavy atom. The van der Waals surface area contributed by atoms with Gasteiger partial charge in [-0.3, -0.25) is 9.80 Å². The normalized spacial score (nSPS) is 35.8. The van der Waals surface area contributed by atoms with E-state index >= 15 is 0 Å². The Kier molecular flexibility index (Phi) is 3.20. The fourth-order valence-corrected chi connectivity index (χ4v) is 4.08. The summed E-state index contributed by atoms with van der Waals surface area (Å²) >= 11 is 0. The van der Waals surface area contributed by atoms with Gasteiger partial charge in [0.1, 0.15) is 0 Å². The third-order valence-electron chi connectivity index (χ3n) is 6.22. The van der Waals surface area contributed by atoms with Gasteiger partial charge in [-0.05, 0) is 57.5 Å². The van der Waals surface area contributed by atoms with Gasteiger partial charge in [0.15, 0.2) is 0 Å². The Labute approximate surface area is 112 Å². The summed E-state index contributed by atoms with van der Waals surface area (Å²) in [6, 6.07) is 0.806. The number of hydrogen-bond acceptors (Lipinski definition) is 3. The summed E-state index contributed by atoms with van der Waals surface area (Å²) in [5, 5.41) is 0. The van der Waals surface area contributed by atoms with Crippen molar-refractivity contribution in [3.63, 3.8) is 0 Å². The van der Waals surface area contributed by atoms with Crippen molar-refractivity contribution in [1.29, 1.82) is 0 Å². The van der Waals surface area contributed by atoms with E-state index in [1.165, 1.54) is 58.3 Å². The Hall–Kier alpha value is -0.120. The Bertz CT molecular complexity index is 307. The summed E-state index contributed by atoms with van der Waals surface area (Å²) < 4.78 is 0. The Morgan fingerprint density at radius 3 is 2.44 bits per heavy atom. The van der Waals surface area contributed by atoms with E-state index in [0.29, 0.717) is 5.41 Å². The first-order chi connectivity index (χ1) is 8.59. The van der Waals surface area contributed by atoms with E-state index in [-0.39, 0.29) is 5.54 Å². The average molecular weight is 251 g/mol. The topological polar surface area (TPSA) is 32.5 Å². The van der Waals surface area contributed by atoms with Gasteiger partial charge in [0, 0.05) is 31.2 Å². The van der Waals surface area contributed by atoms with Crippen LogP contribution in [0.15, 0.2) is 0 Å². The van der Waals surface area contributed by atoms with Gasteiger partial charge in [0.25, 0.3) is 0 Å². The van der Waals surface area contributed by atoms with Crippen molar-refractivity contribution in [2.75, 3.05) is 32.7 Å². The zero-order valence-electron chi connectivity index (χ0n) is 12.1. The molecule has 1 saturated carbocycles. The summed E-state index contributed by atoms with van der Waals surface area (Å²) in [4.78, 5) is 5.43. The standard InChI is InChI=1S/C15H29N3/c1-14(6-7-14)15(2,12-16)18-10-5-13(11-18)17-8-3-4-9-17/h13H,3-12,16H2,1-2H3. The molecule has 3 nitrogen and oxygen atoms in total. The van der Waals surface area contributed by atoms with E-state index in [9.17, 15) is 0 Å². The van der Waals surface area contributed by atoms with Gasteiger partial charge >= 0.3 is 0 Å². The molecule has 3 rings (SSSR count). The summed E-state index contributed by atoms with van der Waals surface area (Å²) in [6.07, 6.45) is 6.90. The van der Waals surface area contributed by atoms with Crippen LogP contribution in [0.4, 0.5) is 0 Å². The molecule has 2 N–H and O–H groups in total. The second-order valence-corrected chi connectivity index (χ2v) is 7.17. The van der Waals surface area contributed by atoms with E-state index < -0.39 is 0 Å². The highest BCUT2D eigenvalue weighted by Gasteiger charge is 2.56. The van der Waals surface area contributed by atoms with Crippen LogP contribution in [0.1, 0.15) is 46.0 Å². The van der Waals surface area contributed by atoms with Gasteiger partial charge in [-0.1, -0.05) is 6.92 Å². The first kappa shape index (κ1) is 12.9. The van der Waals surface area contributed by atoms with Crippen molar-refractivity contribution in [3.05, 3.63) is 0 Å². The minimum absolute atomic E-state index is 0.238. The lowest BCUT2D eigenvalue weighted by atomic mass is 9.82. The van der Waals surface area contributed by atoms with Crippen molar-refractivity contribution >= 4 is 0 Å². The molecule has 0 amide bonds. The summed E-state index contributed by atoms with van der Waals surface area (Å²) in [5.74, 6) is 0. The van der Waals surface area contributed by atoms with Crippen molar-refractivity contribution < 1.29 is 0 Å². The van der Waals surface area contributed by atoms with Crippen molar-refractivity contribution in [1.82, 2.24) is 9.80 Å². The summed E-state index contributed by atoms with van der Waals surface area (Å²) in [6.45, 7) is 10.8. The maximum Gasteiger partial charge on any atom is 0.0357 e. The highest BCUT2D eigenvalue weighted by molar-refractivity contribution is 5.11. The minimum Gasteiger partial charge on any atom is -0.329 e. The lowest BCUT2D eigenvalue weighted by Gasteiger charge is -2.44. The van der Waals surface area contributed by atoms with Gasteiger partial charge < -0.3 is 5.73 Å². The van der Waals surface area contributed by atoms with Crippen LogP contribution in [0.5, 0.6) is 0 Å². The molecule has 104 valence electrons. The van der Waals surface area contributed by atoms with Crippen LogP contribution in [-0.2, 0) is 0 Å². The fourth-order valence-electron chi connectivity index (χ4n) is 4.08. The van der Waals surface area contributed by atoms with Crippen molar-refractivity contribution in [2.24, 2.45) is 11.1 Å². The molecular weight excluding hydrogens is 222 g/mol. The van der Waals surface area contributed by atoms with Crippen molar-refractivity contribution in [3.8, 4) is 0 Å². The quantitative estimate of drug-likeness (QED) is 0.825. The smallest absolute Gasteiger partial charge is 0.0357 e. The molecule has 2 unspecified atom stereocenters. The SMILES string of the molecule is CC1(C(C)(CN)N2CCC(N3CCCC3)C2)CC1. The maximum absolute atomic E-state index is 6.16. The molecule has 0 radical (unpaired) electrons. The molecule has 2 aliphatic heterocycles. The largest absolute Gasteiger partial charge is 0.329 e. The lowest BCUT2D eigenvalue weighted by molar-refractivity contribution is 0.0629. The second kappa shape index (κ2) is 4.46. The van der Waals surface area contributed by atoms with E-state index in [2.05, 4.69) is 23.6 Å². The van der Waals surface area contributed by atoms with Gasteiger partial charge in [-0.2, -0.15) is 0 Å². The predicted molar refractivity (Wildman–Crippen MR) is 75.6 cm³/mol. The average Bonchev–Trinajstić information content (AvgIpc) is 2.88. The molecule has 1 aliphatic carbocycles. The molecule has 3 heteroatoms. The van der Waals surface area contributed by atoms with Crippen molar-refractivity contribution in [2.45, 2.75) is 57.5 Å². The van der Waals surface area contributed by atoms with Crippen LogP contribution in [0.3, 0.4) is 0 Å². The monoisotopic (exact) mass is 251 g/mol. The molecule has 2 heterocycles. The molecular formula is C15H29N3. The summed E-state index contributed by atoms with van der Waals surface area (Å²) in [5.41, 5.74) is 6.88. The molecule has 0 aromatic carbocycles. The van der Waals surface area contributed by atoms with E-state index in [4.69, 9.17) is 5.73 Å².